The van der Waals surface area contributed by atoms with Crippen LogP contribution in [0.5, 0.6) is 0 Å². The van der Waals surface area contributed by atoms with Gasteiger partial charge in [-0.1, -0.05) is 50.6 Å². The summed E-state index contributed by atoms with van der Waals surface area (Å²) in [6.07, 6.45) is 0.758. The third kappa shape index (κ3) is 4.71. The molecule has 0 spiro atoms. The summed E-state index contributed by atoms with van der Waals surface area (Å²) in [6.45, 7) is 7.40. The van der Waals surface area contributed by atoms with Crippen LogP contribution in [0.3, 0.4) is 0 Å². The van der Waals surface area contributed by atoms with Crippen LogP contribution >= 0.6 is 0 Å². The van der Waals surface area contributed by atoms with E-state index in [9.17, 15) is 19.5 Å². The average Bonchev–Trinajstić information content (AvgIpc) is 3.15. The monoisotopic (exact) mass is 475 g/mol. The second-order valence-corrected chi connectivity index (χ2v) is 9.01. The van der Waals surface area contributed by atoms with E-state index in [2.05, 4.69) is 5.32 Å². The molecule has 1 amide bonds. The Bertz CT molecular complexity index is 1460. The van der Waals surface area contributed by atoms with Crippen molar-refractivity contribution in [2.24, 2.45) is 5.92 Å². The maximum Gasteiger partial charge on any atom is 0.339 e. The molecule has 2 aromatic carbocycles. The van der Waals surface area contributed by atoms with Gasteiger partial charge in [0.2, 0.25) is 5.91 Å². The summed E-state index contributed by atoms with van der Waals surface area (Å²) in [4.78, 5) is 36.8. The number of hydrogen-bond acceptors (Lipinski definition) is 5. The van der Waals surface area contributed by atoms with Gasteiger partial charge in [0.15, 0.2) is 0 Å². The molecule has 0 fully saturated rings. The minimum absolute atomic E-state index is 0.0142. The Morgan fingerprint density at radius 2 is 1.71 bits per heavy atom. The number of carboxylic acids is 1. The molecule has 35 heavy (non-hydrogen) atoms. The highest BCUT2D eigenvalue weighted by Gasteiger charge is 2.25. The van der Waals surface area contributed by atoms with Crippen LogP contribution in [-0.2, 0) is 16.0 Å². The summed E-state index contributed by atoms with van der Waals surface area (Å²) in [6, 6.07) is 12.7. The number of aryl methyl sites for hydroxylation is 2. The lowest BCUT2D eigenvalue weighted by Gasteiger charge is -2.20. The van der Waals surface area contributed by atoms with Gasteiger partial charge in [-0.15, -0.1) is 0 Å². The molecule has 2 atom stereocenters. The van der Waals surface area contributed by atoms with Crippen molar-refractivity contribution in [3.63, 3.8) is 0 Å². The first kappa shape index (κ1) is 24.3. The number of furan rings is 1. The first-order chi connectivity index (χ1) is 16.7. The van der Waals surface area contributed by atoms with E-state index in [1.165, 1.54) is 0 Å². The van der Waals surface area contributed by atoms with E-state index in [1.54, 1.807) is 13.0 Å². The summed E-state index contributed by atoms with van der Waals surface area (Å²) in [5, 5.41) is 13.7. The molecule has 4 aromatic rings. The Hall–Kier alpha value is -3.87. The van der Waals surface area contributed by atoms with Crippen LogP contribution in [0.2, 0.25) is 0 Å². The highest BCUT2D eigenvalue weighted by molar-refractivity contribution is 6.03. The summed E-state index contributed by atoms with van der Waals surface area (Å²) < 4.78 is 11.6. The Morgan fingerprint density at radius 1 is 1.03 bits per heavy atom. The summed E-state index contributed by atoms with van der Waals surface area (Å²) >= 11 is 0. The summed E-state index contributed by atoms with van der Waals surface area (Å²) in [5.41, 5.74) is 3.70. The smallest absolute Gasteiger partial charge is 0.339 e. The standard InChI is InChI=1S/C28H29NO6/c1-5-15(2)26(27(31)32)29-24(30)12-11-19-16(3)20-13-21-23(14-22(20)35-28(19)33)34-17(4)25(21)18-9-7-6-8-10-18/h6-10,13-15,26H,5,11-12H2,1-4H3,(H,29,30)(H,31,32)/t15-,26-/m1/s1. The van der Waals surface area contributed by atoms with E-state index < -0.39 is 23.5 Å². The molecule has 0 bridgehead atoms. The van der Waals surface area contributed by atoms with Crippen LogP contribution in [0.4, 0.5) is 0 Å². The molecular weight excluding hydrogens is 446 g/mol. The number of fused-ring (bicyclic) bond motifs is 2. The first-order valence-electron chi connectivity index (χ1n) is 11.8. The second-order valence-electron chi connectivity index (χ2n) is 9.01. The fourth-order valence-corrected chi connectivity index (χ4v) is 4.52. The van der Waals surface area contributed by atoms with Gasteiger partial charge in [-0.2, -0.15) is 0 Å². The van der Waals surface area contributed by atoms with Crippen LogP contribution in [0.25, 0.3) is 33.1 Å². The van der Waals surface area contributed by atoms with Crippen molar-refractivity contribution in [2.75, 3.05) is 0 Å². The Morgan fingerprint density at radius 3 is 2.37 bits per heavy atom. The maximum atomic E-state index is 12.8. The average molecular weight is 476 g/mol. The van der Waals surface area contributed by atoms with Crippen LogP contribution < -0.4 is 10.9 Å². The predicted molar refractivity (Wildman–Crippen MR) is 135 cm³/mol. The van der Waals surface area contributed by atoms with Gasteiger partial charge in [0.05, 0.1) is 0 Å². The number of carbonyl (C=O) groups is 2. The molecule has 0 unspecified atom stereocenters. The van der Waals surface area contributed by atoms with Gasteiger partial charge in [0, 0.05) is 34.4 Å². The zero-order valence-corrected chi connectivity index (χ0v) is 20.3. The summed E-state index contributed by atoms with van der Waals surface area (Å²) in [5.74, 6) is -0.914. The Balaban J connectivity index is 1.68. The molecule has 2 heterocycles. The van der Waals surface area contributed by atoms with Crippen LogP contribution in [0.15, 0.2) is 56.1 Å². The third-order valence-corrected chi connectivity index (χ3v) is 6.73. The SMILES string of the molecule is CC[C@@H](C)[C@@H](NC(=O)CCc1c(C)c2cc3c(-c4ccccc4)c(C)oc3cc2oc1=O)C(=O)O. The number of aliphatic carboxylic acids is 1. The molecule has 7 heteroatoms. The van der Waals surface area contributed by atoms with E-state index in [1.807, 2.05) is 57.2 Å². The quantitative estimate of drug-likeness (QED) is 0.332. The van der Waals surface area contributed by atoms with Gasteiger partial charge in [-0.25, -0.2) is 9.59 Å². The Labute approximate surface area is 202 Å². The maximum absolute atomic E-state index is 12.8. The highest BCUT2D eigenvalue weighted by atomic mass is 16.4. The molecule has 182 valence electrons. The minimum atomic E-state index is -1.07. The van der Waals surface area contributed by atoms with Crippen molar-refractivity contribution in [1.29, 1.82) is 0 Å². The van der Waals surface area contributed by atoms with E-state index in [4.69, 9.17) is 8.83 Å². The van der Waals surface area contributed by atoms with Crippen molar-refractivity contribution in [1.82, 2.24) is 5.32 Å². The van der Waals surface area contributed by atoms with Gasteiger partial charge < -0.3 is 19.3 Å². The lowest BCUT2D eigenvalue weighted by molar-refractivity contribution is -0.143. The largest absolute Gasteiger partial charge is 0.480 e. The van der Waals surface area contributed by atoms with E-state index in [-0.39, 0.29) is 18.8 Å². The molecule has 0 radical (unpaired) electrons. The van der Waals surface area contributed by atoms with Gasteiger partial charge >= 0.3 is 11.6 Å². The van der Waals surface area contributed by atoms with Gasteiger partial charge in [-0.05, 0) is 43.4 Å². The van der Waals surface area contributed by atoms with E-state index >= 15 is 0 Å². The van der Waals surface area contributed by atoms with Crippen LogP contribution in [0.1, 0.15) is 43.6 Å². The van der Waals surface area contributed by atoms with E-state index in [0.717, 1.165) is 33.2 Å². The Kier molecular flexibility index (Phi) is 6.78. The van der Waals surface area contributed by atoms with Crippen LogP contribution in [0, 0.1) is 19.8 Å². The number of rotatable bonds is 8. The van der Waals surface area contributed by atoms with Crippen molar-refractivity contribution in [3.05, 3.63) is 69.8 Å². The number of nitrogens with one attached hydrogen (secondary N) is 1. The van der Waals surface area contributed by atoms with Crippen molar-refractivity contribution in [2.45, 2.75) is 53.0 Å². The number of carbonyl (C=O) groups excluding carboxylic acids is 1. The lowest BCUT2D eigenvalue weighted by atomic mass is 9.97. The molecule has 2 aromatic heterocycles. The fraction of sp³-hybridized carbons (Fsp3) is 0.321. The van der Waals surface area contributed by atoms with Gasteiger partial charge in [0.1, 0.15) is 23.0 Å². The molecule has 4 rings (SSSR count). The minimum Gasteiger partial charge on any atom is -0.480 e. The fourth-order valence-electron chi connectivity index (χ4n) is 4.52. The topological polar surface area (TPSA) is 110 Å². The third-order valence-electron chi connectivity index (χ3n) is 6.73. The molecule has 0 aliphatic carbocycles. The zero-order valence-electron chi connectivity index (χ0n) is 20.3. The molecule has 0 aliphatic rings. The number of amides is 1. The highest BCUT2D eigenvalue weighted by Crippen LogP contribution is 2.37. The second kappa shape index (κ2) is 9.78. The molecule has 0 saturated carbocycles. The summed E-state index contributed by atoms with van der Waals surface area (Å²) in [7, 11) is 0. The predicted octanol–water partition coefficient (Wildman–Crippen LogP) is 5.37. The van der Waals surface area contributed by atoms with Gasteiger partial charge in [-0.3, -0.25) is 4.79 Å². The van der Waals surface area contributed by atoms with Gasteiger partial charge in [0.25, 0.3) is 0 Å². The number of benzene rings is 2. The normalized spacial score (nSPS) is 13.1. The molecule has 2 N–H and O–H groups in total. The van der Waals surface area contributed by atoms with E-state index in [0.29, 0.717) is 23.2 Å². The van der Waals surface area contributed by atoms with Crippen molar-refractivity contribution >= 4 is 33.8 Å². The van der Waals surface area contributed by atoms with Crippen LogP contribution in [-0.4, -0.2) is 23.0 Å². The lowest BCUT2D eigenvalue weighted by Crippen LogP contribution is -2.45. The van der Waals surface area contributed by atoms with Crippen molar-refractivity contribution in [3.8, 4) is 11.1 Å². The molecule has 0 saturated heterocycles. The molecule has 0 aliphatic heterocycles. The number of carboxylic acid groups (broad SMARTS) is 1. The zero-order chi connectivity index (χ0) is 25.3. The first-order valence-corrected chi connectivity index (χ1v) is 11.8. The molecule has 7 nitrogen and oxygen atoms in total. The van der Waals surface area contributed by atoms with Crippen molar-refractivity contribution < 1.29 is 23.5 Å². The molecular formula is C28H29NO6. The number of hydrogen-bond donors (Lipinski definition) is 2.